The van der Waals surface area contributed by atoms with Crippen molar-refractivity contribution in [1.29, 1.82) is 0 Å². The molecular formula is C22H25N3O3. The first-order chi connectivity index (χ1) is 13.5. The Kier molecular flexibility index (Phi) is 5.03. The highest BCUT2D eigenvalue weighted by atomic mass is 16.2. The highest BCUT2D eigenvalue weighted by Gasteiger charge is 2.25. The lowest BCUT2D eigenvalue weighted by atomic mass is 10.1. The number of piperidine rings is 1. The number of amides is 2. The maximum absolute atomic E-state index is 12.7. The number of nitrogens with zero attached hydrogens (tertiary/aromatic N) is 2. The maximum atomic E-state index is 12.7. The van der Waals surface area contributed by atoms with Gasteiger partial charge in [0, 0.05) is 48.3 Å². The number of pyridine rings is 1. The standard InChI is InChI=1S/C22H25N3O3/c1-15-12-20(26)19(14-25(15)18-8-9-18)21(27)23-17-7-5-6-16(13-17)22(28)24-10-3-2-4-11-24/h5-7,12-14,18H,2-4,8-11H2,1H3,(H,23,27). The molecule has 6 nitrogen and oxygen atoms in total. The number of carbonyl (C=O) groups is 2. The molecule has 0 radical (unpaired) electrons. The van der Waals surface area contributed by atoms with E-state index in [0.717, 1.165) is 50.9 Å². The zero-order valence-corrected chi connectivity index (χ0v) is 16.1. The fourth-order valence-electron chi connectivity index (χ4n) is 3.77. The number of hydrogen-bond donors (Lipinski definition) is 1. The van der Waals surface area contributed by atoms with Gasteiger partial charge in [-0.05, 0) is 57.2 Å². The van der Waals surface area contributed by atoms with Gasteiger partial charge >= 0.3 is 0 Å². The van der Waals surface area contributed by atoms with Crippen molar-refractivity contribution in [2.24, 2.45) is 0 Å². The minimum atomic E-state index is -0.443. The Morgan fingerprint density at radius 3 is 2.54 bits per heavy atom. The molecule has 0 unspecified atom stereocenters. The van der Waals surface area contributed by atoms with Crippen LogP contribution in [0.2, 0.25) is 0 Å². The Labute approximate surface area is 164 Å². The lowest BCUT2D eigenvalue weighted by molar-refractivity contribution is 0.0724. The molecule has 1 aromatic heterocycles. The first-order valence-corrected chi connectivity index (χ1v) is 9.96. The molecule has 146 valence electrons. The van der Waals surface area contributed by atoms with Crippen LogP contribution in [0.3, 0.4) is 0 Å². The van der Waals surface area contributed by atoms with Gasteiger partial charge in [-0.25, -0.2) is 0 Å². The number of anilines is 1. The van der Waals surface area contributed by atoms with Crippen molar-refractivity contribution in [1.82, 2.24) is 9.47 Å². The van der Waals surface area contributed by atoms with Crippen LogP contribution in [-0.4, -0.2) is 34.4 Å². The Morgan fingerprint density at radius 2 is 1.82 bits per heavy atom. The van der Waals surface area contributed by atoms with Crippen LogP contribution in [-0.2, 0) is 0 Å². The molecule has 1 aliphatic carbocycles. The minimum Gasteiger partial charge on any atom is -0.348 e. The van der Waals surface area contributed by atoms with E-state index >= 15 is 0 Å². The SMILES string of the molecule is Cc1cc(=O)c(C(=O)Nc2cccc(C(=O)N3CCCCC3)c2)cn1C1CC1. The van der Waals surface area contributed by atoms with E-state index in [1.807, 2.05) is 16.4 Å². The highest BCUT2D eigenvalue weighted by Crippen LogP contribution is 2.35. The van der Waals surface area contributed by atoms with Gasteiger partial charge in [0.2, 0.25) is 0 Å². The van der Waals surface area contributed by atoms with Gasteiger partial charge < -0.3 is 14.8 Å². The van der Waals surface area contributed by atoms with Crippen molar-refractivity contribution in [3.05, 3.63) is 63.6 Å². The van der Waals surface area contributed by atoms with Crippen LogP contribution in [0, 0.1) is 6.92 Å². The summed E-state index contributed by atoms with van der Waals surface area (Å²) in [6.07, 6.45) is 7.03. The summed E-state index contributed by atoms with van der Waals surface area (Å²) in [5.74, 6) is -0.454. The molecule has 0 atom stereocenters. The normalized spacial score (nSPS) is 16.7. The average Bonchev–Trinajstić information content (AvgIpc) is 3.53. The van der Waals surface area contributed by atoms with Crippen molar-refractivity contribution < 1.29 is 9.59 Å². The van der Waals surface area contributed by atoms with Crippen molar-refractivity contribution in [3.8, 4) is 0 Å². The Morgan fingerprint density at radius 1 is 1.07 bits per heavy atom. The van der Waals surface area contributed by atoms with E-state index in [4.69, 9.17) is 0 Å². The molecule has 4 rings (SSSR count). The van der Waals surface area contributed by atoms with Gasteiger partial charge in [-0.2, -0.15) is 0 Å². The quantitative estimate of drug-likeness (QED) is 0.885. The predicted octanol–water partition coefficient (Wildman–Crippen LogP) is 3.37. The average molecular weight is 379 g/mol. The maximum Gasteiger partial charge on any atom is 0.261 e. The smallest absolute Gasteiger partial charge is 0.261 e. The summed E-state index contributed by atoms with van der Waals surface area (Å²) in [6.45, 7) is 3.44. The van der Waals surface area contributed by atoms with E-state index in [0.29, 0.717) is 17.3 Å². The number of likely N-dealkylation sites (tertiary alicyclic amines) is 1. The zero-order valence-electron chi connectivity index (χ0n) is 16.1. The van der Waals surface area contributed by atoms with Gasteiger partial charge in [-0.1, -0.05) is 6.07 Å². The molecule has 2 aliphatic rings. The van der Waals surface area contributed by atoms with Crippen molar-refractivity contribution in [3.63, 3.8) is 0 Å². The van der Waals surface area contributed by atoms with Gasteiger partial charge in [-0.3, -0.25) is 14.4 Å². The first-order valence-electron chi connectivity index (χ1n) is 9.96. The second-order valence-electron chi connectivity index (χ2n) is 7.72. The zero-order chi connectivity index (χ0) is 19.7. The van der Waals surface area contributed by atoms with Crippen molar-refractivity contribution in [2.75, 3.05) is 18.4 Å². The van der Waals surface area contributed by atoms with Gasteiger partial charge in [-0.15, -0.1) is 0 Å². The fourth-order valence-corrected chi connectivity index (χ4v) is 3.77. The van der Waals surface area contributed by atoms with Crippen LogP contribution in [0.1, 0.15) is 64.6 Å². The van der Waals surface area contributed by atoms with Crippen LogP contribution in [0.15, 0.2) is 41.3 Å². The number of carbonyl (C=O) groups excluding carboxylic acids is 2. The fraction of sp³-hybridized carbons (Fsp3) is 0.409. The molecule has 2 amide bonds. The van der Waals surface area contributed by atoms with E-state index < -0.39 is 5.91 Å². The molecule has 1 saturated heterocycles. The topological polar surface area (TPSA) is 71.4 Å². The number of aryl methyl sites for hydroxylation is 1. The lowest BCUT2D eigenvalue weighted by Crippen LogP contribution is -2.35. The molecule has 1 aromatic carbocycles. The van der Waals surface area contributed by atoms with Gasteiger partial charge in [0.1, 0.15) is 5.56 Å². The van der Waals surface area contributed by atoms with E-state index in [9.17, 15) is 14.4 Å². The molecule has 1 saturated carbocycles. The molecule has 1 aliphatic heterocycles. The van der Waals surface area contributed by atoms with Gasteiger partial charge in [0.25, 0.3) is 11.8 Å². The Balaban J connectivity index is 1.53. The van der Waals surface area contributed by atoms with E-state index in [2.05, 4.69) is 5.32 Å². The molecule has 2 heterocycles. The van der Waals surface area contributed by atoms with Crippen LogP contribution in [0.5, 0.6) is 0 Å². The second kappa shape index (κ2) is 7.62. The number of nitrogens with one attached hydrogen (secondary N) is 1. The predicted molar refractivity (Wildman–Crippen MR) is 108 cm³/mol. The molecule has 6 heteroatoms. The molecule has 1 N–H and O–H groups in total. The van der Waals surface area contributed by atoms with Crippen molar-refractivity contribution in [2.45, 2.75) is 45.1 Å². The van der Waals surface area contributed by atoms with Gasteiger partial charge in [0.05, 0.1) is 0 Å². The van der Waals surface area contributed by atoms with Crippen LogP contribution < -0.4 is 10.7 Å². The third kappa shape index (κ3) is 3.86. The van der Waals surface area contributed by atoms with Crippen LogP contribution >= 0.6 is 0 Å². The summed E-state index contributed by atoms with van der Waals surface area (Å²) in [6, 6.07) is 8.84. The van der Waals surface area contributed by atoms with E-state index in [1.54, 1.807) is 30.5 Å². The van der Waals surface area contributed by atoms with Crippen molar-refractivity contribution >= 4 is 17.5 Å². The molecule has 28 heavy (non-hydrogen) atoms. The van der Waals surface area contributed by atoms with Crippen LogP contribution in [0.4, 0.5) is 5.69 Å². The summed E-state index contributed by atoms with van der Waals surface area (Å²) in [5, 5.41) is 2.78. The van der Waals surface area contributed by atoms with E-state index in [1.165, 1.54) is 6.07 Å². The molecule has 2 fully saturated rings. The summed E-state index contributed by atoms with van der Waals surface area (Å²) >= 11 is 0. The van der Waals surface area contributed by atoms with Gasteiger partial charge in [0.15, 0.2) is 5.43 Å². The monoisotopic (exact) mass is 379 g/mol. The third-order valence-electron chi connectivity index (χ3n) is 5.48. The summed E-state index contributed by atoms with van der Waals surface area (Å²) in [5.41, 5.74) is 1.79. The number of aromatic nitrogens is 1. The number of benzene rings is 1. The molecule has 0 bridgehead atoms. The molecule has 0 spiro atoms. The molecule has 2 aromatic rings. The Bertz CT molecular complexity index is 969. The first kappa shape index (κ1) is 18.5. The summed E-state index contributed by atoms with van der Waals surface area (Å²) < 4.78 is 2.01. The number of rotatable bonds is 4. The van der Waals surface area contributed by atoms with E-state index in [-0.39, 0.29) is 16.9 Å². The third-order valence-corrected chi connectivity index (χ3v) is 5.48. The number of hydrogen-bond acceptors (Lipinski definition) is 3. The minimum absolute atomic E-state index is 0.0118. The Hall–Kier alpha value is -2.89. The summed E-state index contributed by atoms with van der Waals surface area (Å²) in [4.78, 5) is 39.6. The van der Waals surface area contributed by atoms with Crippen LogP contribution in [0.25, 0.3) is 0 Å². The second-order valence-corrected chi connectivity index (χ2v) is 7.72. The highest BCUT2D eigenvalue weighted by molar-refractivity contribution is 6.05. The summed E-state index contributed by atoms with van der Waals surface area (Å²) in [7, 11) is 0. The molecular weight excluding hydrogens is 354 g/mol. The largest absolute Gasteiger partial charge is 0.348 e. The lowest BCUT2D eigenvalue weighted by Gasteiger charge is -2.26.